The Morgan fingerprint density at radius 1 is 0.905 bits per heavy atom. The van der Waals surface area contributed by atoms with Gasteiger partial charge in [0.05, 0.1) is 5.41 Å². The molecule has 1 aromatic carbocycles. The number of fused-ring (bicyclic) bond motifs is 1. The molecule has 1 aromatic rings. The van der Waals surface area contributed by atoms with E-state index in [0.29, 0.717) is 30.4 Å². The van der Waals surface area contributed by atoms with Crippen LogP contribution in [0, 0.1) is 17.3 Å². The van der Waals surface area contributed by atoms with Crippen LogP contribution >= 0.6 is 0 Å². The van der Waals surface area contributed by atoms with E-state index in [2.05, 4.69) is 0 Å². The van der Waals surface area contributed by atoms with Crippen molar-refractivity contribution in [1.82, 2.24) is 0 Å². The normalized spacial score (nSPS) is 35.0. The molecular formula is C18H18O3. The van der Waals surface area contributed by atoms with E-state index in [-0.39, 0.29) is 29.2 Å². The fourth-order valence-electron chi connectivity index (χ4n) is 4.91. The Balaban J connectivity index is 1.95. The van der Waals surface area contributed by atoms with E-state index in [1.165, 1.54) is 0 Å². The summed E-state index contributed by atoms with van der Waals surface area (Å²) in [5, 5.41) is 0. The average molecular weight is 282 g/mol. The molecule has 3 heteroatoms. The van der Waals surface area contributed by atoms with E-state index in [0.717, 1.165) is 19.3 Å². The molecule has 4 rings (SSSR count). The number of rotatable bonds is 0. The van der Waals surface area contributed by atoms with Crippen LogP contribution in [-0.2, 0) is 4.79 Å². The standard InChI is InChI=1S/C18H18O3/c19-15-9-8-14-16(20)11-5-1-2-6-12(11)17(21)18(14)10-4-3-7-13(15)18/h1-2,5-6,13-14H,3-4,7-10H2/t13-,14-,18?/m0/s1. The van der Waals surface area contributed by atoms with Crippen LogP contribution in [0.2, 0.25) is 0 Å². The zero-order chi connectivity index (χ0) is 14.6. The van der Waals surface area contributed by atoms with Gasteiger partial charge in [0.15, 0.2) is 11.6 Å². The molecule has 0 radical (unpaired) electrons. The van der Waals surface area contributed by atoms with Gasteiger partial charge in [-0.3, -0.25) is 14.4 Å². The Morgan fingerprint density at radius 2 is 1.67 bits per heavy atom. The monoisotopic (exact) mass is 282 g/mol. The van der Waals surface area contributed by atoms with Gasteiger partial charge < -0.3 is 0 Å². The molecule has 3 aliphatic rings. The van der Waals surface area contributed by atoms with E-state index in [9.17, 15) is 14.4 Å². The molecule has 21 heavy (non-hydrogen) atoms. The van der Waals surface area contributed by atoms with Crippen molar-refractivity contribution in [3.8, 4) is 0 Å². The number of hydrogen-bond donors (Lipinski definition) is 0. The van der Waals surface area contributed by atoms with Crippen LogP contribution in [0.5, 0.6) is 0 Å². The van der Waals surface area contributed by atoms with Gasteiger partial charge in [-0.05, 0) is 19.3 Å². The van der Waals surface area contributed by atoms with Crippen LogP contribution in [-0.4, -0.2) is 17.3 Å². The predicted octanol–water partition coefficient (Wildman–Crippen LogP) is 3.22. The molecule has 0 aliphatic heterocycles. The summed E-state index contributed by atoms with van der Waals surface area (Å²) >= 11 is 0. The van der Waals surface area contributed by atoms with Crippen LogP contribution in [0.15, 0.2) is 24.3 Å². The number of hydrogen-bond acceptors (Lipinski definition) is 3. The summed E-state index contributed by atoms with van der Waals surface area (Å²) in [6, 6.07) is 7.14. The average Bonchev–Trinajstić information content (AvgIpc) is 2.53. The van der Waals surface area contributed by atoms with Gasteiger partial charge in [0, 0.05) is 29.4 Å². The molecule has 0 bridgehead atoms. The Bertz CT molecular complexity index is 660. The zero-order valence-corrected chi connectivity index (χ0v) is 11.9. The van der Waals surface area contributed by atoms with Gasteiger partial charge in [0.2, 0.25) is 0 Å². The third-order valence-electron chi connectivity index (χ3n) is 5.82. The van der Waals surface area contributed by atoms with Gasteiger partial charge in [0.1, 0.15) is 5.78 Å². The Labute approximate surface area is 123 Å². The van der Waals surface area contributed by atoms with E-state index < -0.39 is 5.41 Å². The summed E-state index contributed by atoms with van der Waals surface area (Å²) in [5.74, 6) is -0.158. The molecular weight excluding hydrogens is 264 g/mol. The number of Topliss-reactive ketones (excluding diaryl/α,β-unsaturated/α-hetero) is 3. The maximum Gasteiger partial charge on any atom is 0.171 e. The molecule has 3 aliphatic carbocycles. The lowest BCUT2D eigenvalue weighted by molar-refractivity contribution is -0.133. The second-order valence-electron chi connectivity index (χ2n) is 6.64. The Morgan fingerprint density at radius 3 is 2.48 bits per heavy atom. The van der Waals surface area contributed by atoms with E-state index in [1.54, 1.807) is 12.1 Å². The molecule has 1 unspecified atom stereocenters. The lowest BCUT2D eigenvalue weighted by Crippen LogP contribution is -2.57. The van der Waals surface area contributed by atoms with Gasteiger partial charge in [0.25, 0.3) is 0 Å². The zero-order valence-electron chi connectivity index (χ0n) is 11.9. The highest BCUT2D eigenvalue weighted by Crippen LogP contribution is 2.57. The van der Waals surface area contributed by atoms with Crippen LogP contribution < -0.4 is 0 Å². The summed E-state index contributed by atoms with van der Waals surface area (Å²) in [5.41, 5.74) is 0.385. The number of ketones is 3. The minimum absolute atomic E-state index is 0.0560. The summed E-state index contributed by atoms with van der Waals surface area (Å²) in [6.07, 6.45) is 4.42. The topological polar surface area (TPSA) is 51.2 Å². The van der Waals surface area contributed by atoms with Gasteiger partial charge in [-0.2, -0.15) is 0 Å². The maximum atomic E-state index is 13.2. The second-order valence-corrected chi connectivity index (χ2v) is 6.64. The molecule has 0 saturated heterocycles. The molecule has 1 spiro atoms. The highest BCUT2D eigenvalue weighted by molar-refractivity contribution is 6.19. The molecule has 0 aromatic heterocycles. The van der Waals surface area contributed by atoms with Crippen LogP contribution in [0.4, 0.5) is 0 Å². The first kappa shape index (κ1) is 12.9. The predicted molar refractivity (Wildman–Crippen MR) is 77.2 cm³/mol. The summed E-state index contributed by atoms with van der Waals surface area (Å²) in [4.78, 5) is 38.5. The van der Waals surface area contributed by atoms with Gasteiger partial charge >= 0.3 is 0 Å². The number of carbonyl (C=O) groups is 3. The minimum atomic E-state index is -0.723. The molecule has 3 nitrogen and oxygen atoms in total. The quantitative estimate of drug-likeness (QED) is 0.734. The van der Waals surface area contributed by atoms with E-state index >= 15 is 0 Å². The highest BCUT2D eigenvalue weighted by atomic mass is 16.1. The third kappa shape index (κ3) is 1.52. The highest BCUT2D eigenvalue weighted by Gasteiger charge is 2.61. The first-order chi connectivity index (χ1) is 10.2. The summed E-state index contributed by atoms with van der Waals surface area (Å²) < 4.78 is 0. The van der Waals surface area contributed by atoms with Gasteiger partial charge in [-0.1, -0.05) is 37.1 Å². The second kappa shape index (κ2) is 4.36. The largest absolute Gasteiger partial charge is 0.299 e. The van der Waals surface area contributed by atoms with Crippen molar-refractivity contribution in [2.45, 2.75) is 38.5 Å². The SMILES string of the molecule is O=C1CC[C@H]2C(=O)c3ccccc3C(=O)C23CCCC[C@@H]13. The number of benzene rings is 1. The van der Waals surface area contributed by atoms with Crippen LogP contribution in [0.3, 0.4) is 0 Å². The van der Waals surface area contributed by atoms with Crippen molar-refractivity contribution in [3.05, 3.63) is 35.4 Å². The molecule has 0 N–H and O–H groups in total. The van der Waals surface area contributed by atoms with Crippen molar-refractivity contribution >= 4 is 17.3 Å². The van der Waals surface area contributed by atoms with Crippen molar-refractivity contribution in [2.75, 3.05) is 0 Å². The summed E-state index contributed by atoms with van der Waals surface area (Å²) in [6.45, 7) is 0. The fraction of sp³-hybridized carbons (Fsp3) is 0.500. The lowest BCUT2D eigenvalue weighted by atomic mass is 9.48. The van der Waals surface area contributed by atoms with Crippen molar-refractivity contribution in [1.29, 1.82) is 0 Å². The van der Waals surface area contributed by atoms with Crippen LogP contribution in [0.1, 0.15) is 59.2 Å². The van der Waals surface area contributed by atoms with E-state index in [1.807, 2.05) is 12.1 Å². The smallest absolute Gasteiger partial charge is 0.171 e. The molecule has 3 atom stereocenters. The Hall–Kier alpha value is -1.77. The molecule has 0 amide bonds. The minimum Gasteiger partial charge on any atom is -0.299 e. The van der Waals surface area contributed by atoms with Crippen LogP contribution in [0.25, 0.3) is 0 Å². The van der Waals surface area contributed by atoms with Crippen molar-refractivity contribution < 1.29 is 14.4 Å². The number of carbonyl (C=O) groups excluding carboxylic acids is 3. The van der Waals surface area contributed by atoms with Crippen molar-refractivity contribution in [3.63, 3.8) is 0 Å². The first-order valence-electron chi connectivity index (χ1n) is 7.87. The summed E-state index contributed by atoms with van der Waals surface area (Å²) in [7, 11) is 0. The van der Waals surface area contributed by atoms with Gasteiger partial charge in [-0.15, -0.1) is 0 Å². The molecule has 0 heterocycles. The first-order valence-corrected chi connectivity index (χ1v) is 7.87. The molecule has 2 saturated carbocycles. The molecule has 108 valence electrons. The van der Waals surface area contributed by atoms with E-state index in [4.69, 9.17) is 0 Å². The maximum absolute atomic E-state index is 13.2. The fourth-order valence-corrected chi connectivity index (χ4v) is 4.91. The van der Waals surface area contributed by atoms with Gasteiger partial charge in [-0.25, -0.2) is 0 Å². The molecule has 2 fully saturated rings. The van der Waals surface area contributed by atoms with Crippen molar-refractivity contribution in [2.24, 2.45) is 17.3 Å². The third-order valence-corrected chi connectivity index (χ3v) is 5.82. The Kier molecular flexibility index (Phi) is 2.69. The lowest BCUT2D eigenvalue weighted by Gasteiger charge is -2.51.